The first-order chi connectivity index (χ1) is 10.0. The van der Waals surface area contributed by atoms with Crippen LogP contribution in [0.5, 0.6) is 11.5 Å². The van der Waals surface area contributed by atoms with Crippen LogP contribution in [0.1, 0.15) is 12.5 Å². The second-order valence-electron chi connectivity index (χ2n) is 4.33. The first-order valence-electron chi connectivity index (χ1n) is 6.32. The Morgan fingerprint density at radius 2 is 1.81 bits per heavy atom. The Hall–Kier alpha value is -0.450. The van der Waals surface area contributed by atoms with Crippen molar-refractivity contribution in [3.63, 3.8) is 0 Å². The van der Waals surface area contributed by atoms with Gasteiger partial charge >= 0.3 is 0 Å². The number of ether oxygens (including phenoxy) is 1. The van der Waals surface area contributed by atoms with E-state index in [0.717, 1.165) is 16.6 Å². The molecule has 0 amide bonds. The summed E-state index contributed by atoms with van der Waals surface area (Å²) in [5.41, 5.74) is 0.958. The van der Waals surface area contributed by atoms with Gasteiger partial charge in [0, 0.05) is 27.7 Å². The summed E-state index contributed by atoms with van der Waals surface area (Å²) in [6.07, 6.45) is 0. The van der Waals surface area contributed by atoms with E-state index in [2.05, 4.69) is 21.2 Å². The summed E-state index contributed by atoms with van der Waals surface area (Å²) in [7, 11) is 0. The smallest absolute Gasteiger partial charge is 0.147 e. The van der Waals surface area contributed by atoms with E-state index in [-0.39, 0.29) is 0 Å². The molecule has 0 atom stereocenters. The Balaban J connectivity index is 2.32. The lowest BCUT2D eigenvalue weighted by atomic mass is 10.2. The third-order valence-electron chi connectivity index (χ3n) is 2.78. The van der Waals surface area contributed by atoms with Crippen molar-refractivity contribution < 1.29 is 4.74 Å². The monoisotopic (exact) mass is 407 g/mol. The minimum atomic E-state index is 0.482. The number of hydrogen-bond donors (Lipinski definition) is 1. The predicted octanol–water partition coefficient (Wildman–Crippen LogP) is 6.31. The highest BCUT2D eigenvalue weighted by Crippen LogP contribution is 2.37. The molecule has 0 aromatic heterocycles. The van der Waals surface area contributed by atoms with Gasteiger partial charge in [0.2, 0.25) is 0 Å². The van der Waals surface area contributed by atoms with E-state index < -0.39 is 0 Å². The molecule has 2 nitrogen and oxygen atoms in total. The fraction of sp³-hybridized carbons (Fsp3) is 0.200. The summed E-state index contributed by atoms with van der Waals surface area (Å²) in [5, 5.41) is 4.93. The van der Waals surface area contributed by atoms with Crippen molar-refractivity contribution in [2.45, 2.75) is 13.5 Å². The molecule has 0 unspecified atom stereocenters. The minimum Gasteiger partial charge on any atom is -0.455 e. The van der Waals surface area contributed by atoms with Crippen LogP contribution in [0, 0.1) is 0 Å². The molecular weight excluding hydrogens is 396 g/mol. The zero-order chi connectivity index (χ0) is 15.4. The van der Waals surface area contributed by atoms with Crippen LogP contribution in [0.25, 0.3) is 0 Å². The molecule has 0 aliphatic carbocycles. The van der Waals surface area contributed by atoms with Crippen LogP contribution in [0.2, 0.25) is 15.1 Å². The Labute approximate surface area is 147 Å². The van der Waals surface area contributed by atoms with Crippen molar-refractivity contribution in [1.82, 2.24) is 5.32 Å². The second kappa shape index (κ2) is 7.70. The predicted molar refractivity (Wildman–Crippen MR) is 93.1 cm³/mol. The molecule has 0 aliphatic heterocycles. The number of hydrogen-bond acceptors (Lipinski definition) is 2. The minimum absolute atomic E-state index is 0.482. The normalized spacial score (nSPS) is 10.7. The number of benzene rings is 2. The molecule has 2 aromatic carbocycles. The lowest BCUT2D eigenvalue weighted by Gasteiger charge is -2.13. The third kappa shape index (κ3) is 4.51. The van der Waals surface area contributed by atoms with Crippen molar-refractivity contribution in [2.75, 3.05) is 6.54 Å². The number of rotatable bonds is 5. The van der Waals surface area contributed by atoms with Gasteiger partial charge in [-0.2, -0.15) is 0 Å². The maximum absolute atomic E-state index is 6.18. The molecule has 0 bridgehead atoms. The summed E-state index contributed by atoms with van der Waals surface area (Å²) < 4.78 is 6.62. The van der Waals surface area contributed by atoms with Gasteiger partial charge in [-0.3, -0.25) is 0 Å². The summed E-state index contributed by atoms with van der Waals surface area (Å²) in [5.74, 6) is 1.20. The molecule has 6 heteroatoms. The van der Waals surface area contributed by atoms with Crippen molar-refractivity contribution in [3.05, 3.63) is 55.4 Å². The van der Waals surface area contributed by atoms with Gasteiger partial charge in [0.15, 0.2) is 0 Å². The summed E-state index contributed by atoms with van der Waals surface area (Å²) in [6.45, 7) is 3.56. The third-order valence-corrected chi connectivity index (χ3v) is 4.51. The van der Waals surface area contributed by atoms with Crippen LogP contribution in [0.15, 0.2) is 34.8 Å². The van der Waals surface area contributed by atoms with Gasteiger partial charge in [0.05, 0.1) is 10.0 Å². The molecule has 0 radical (unpaired) electrons. The van der Waals surface area contributed by atoms with Gasteiger partial charge in [-0.15, -0.1) is 0 Å². The first kappa shape index (κ1) is 16.9. The molecule has 21 heavy (non-hydrogen) atoms. The van der Waals surface area contributed by atoms with Crippen molar-refractivity contribution in [2.24, 2.45) is 0 Å². The van der Waals surface area contributed by atoms with E-state index in [1.54, 1.807) is 18.2 Å². The standard InChI is InChI=1S/C15H13BrCl3NO/c1-2-20-8-9-5-10(17)3-4-14(9)21-15-7-12(18)11(16)6-13(15)19/h3-7,20H,2,8H2,1H3. The largest absolute Gasteiger partial charge is 0.455 e. The highest BCUT2D eigenvalue weighted by atomic mass is 79.9. The molecule has 2 aromatic rings. The molecular formula is C15H13BrCl3NO. The van der Waals surface area contributed by atoms with Crippen molar-refractivity contribution in [1.29, 1.82) is 0 Å². The van der Waals surface area contributed by atoms with Gasteiger partial charge in [0.1, 0.15) is 11.5 Å². The van der Waals surface area contributed by atoms with Gasteiger partial charge in [-0.1, -0.05) is 41.7 Å². The molecule has 0 fully saturated rings. The van der Waals surface area contributed by atoms with Gasteiger partial charge in [-0.25, -0.2) is 0 Å². The van der Waals surface area contributed by atoms with Crippen LogP contribution in [-0.4, -0.2) is 6.54 Å². The fourth-order valence-electron chi connectivity index (χ4n) is 1.75. The Kier molecular flexibility index (Phi) is 6.20. The van der Waals surface area contributed by atoms with E-state index in [1.807, 2.05) is 19.1 Å². The second-order valence-corrected chi connectivity index (χ2v) is 6.44. The molecule has 0 saturated carbocycles. The van der Waals surface area contributed by atoms with E-state index >= 15 is 0 Å². The topological polar surface area (TPSA) is 21.3 Å². The summed E-state index contributed by atoms with van der Waals surface area (Å²) in [6, 6.07) is 8.86. The van der Waals surface area contributed by atoms with Crippen LogP contribution in [0.4, 0.5) is 0 Å². The Bertz CT molecular complexity index is 649. The van der Waals surface area contributed by atoms with E-state index in [1.165, 1.54) is 0 Å². The molecule has 0 spiro atoms. The zero-order valence-electron chi connectivity index (χ0n) is 11.2. The molecule has 112 valence electrons. The highest BCUT2D eigenvalue weighted by Gasteiger charge is 2.11. The first-order valence-corrected chi connectivity index (χ1v) is 8.25. The van der Waals surface area contributed by atoms with Gasteiger partial charge in [-0.05, 0) is 46.7 Å². The van der Waals surface area contributed by atoms with E-state index in [4.69, 9.17) is 39.5 Å². The Morgan fingerprint density at radius 3 is 2.52 bits per heavy atom. The average Bonchev–Trinajstić information content (AvgIpc) is 2.44. The molecule has 1 N–H and O–H groups in total. The van der Waals surface area contributed by atoms with E-state index in [9.17, 15) is 0 Å². The quantitative estimate of drug-likeness (QED) is 0.584. The number of nitrogens with one attached hydrogen (secondary N) is 1. The van der Waals surface area contributed by atoms with Gasteiger partial charge in [0.25, 0.3) is 0 Å². The van der Waals surface area contributed by atoms with Crippen LogP contribution >= 0.6 is 50.7 Å². The Morgan fingerprint density at radius 1 is 1.05 bits per heavy atom. The van der Waals surface area contributed by atoms with Crippen LogP contribution in [0.3, 0.4) is 0 Å². The van der Waals surface area contributed by atoms with Crippen LogP contribution < -0.4 is 10.1 Å². The lowest BCUT2D eigenvalue weighted by Crippen LogP contribution is -2.12. The molecule has 0 saturated heterocycles. The molecule has 0 heterocycles. The lowest BCUT2D eigenvalue weighted by molar-refractivity contribution is 0.473. The zero-order valence-corrected chi connectivity index (χ0v) is 15.1. The van der Waals surface area contributed by atoms with Gasteiger partial charge < -0.3 is 10.1 Å². The van der Waals surface area contributed by atoms with Crippen LogP contribution in [-0.2, 0) is 6.54 Å². The van der Waals surface area contributed by atoms with E-state index in [0.29, 0.717) is 33.1 Å². The molecule has 0 aliphatic rings. The SMILES string of the molecule is CCNCc1cc(Cl)ccc1Oc1cc(Cl)c(Br)cc1Cl. The maximum Gasteiger partial charge on any atom is 0.147 e. The average molecular weight is 410 g/mol. The van der Waals surface area contributed by atoms with Crippen molar-refractivity contribution in [3.8, 4) is 11.5 Å². The molecule has 2 rings (SSSR count). The maximum atomic E-state index is 6.18. The fourth-order valence-corrected chi connectivity index (χ4v) is 2.77. The summed E-state index contributed by atoms with van der Waals surface area (Å²) in [4.78, 5) is 0. The highest BCUT2D eigenvalue weighted by molar-refractivity contribution is 9.10. The number of halogens is 4. The van der Waals surface area contributed by atoms with Crippen molar-refractivity contribution >= 4 is 50.7 Å². The summed E-state index contributed by atoms with van der Waals surface area (Å²) >= 11 is 21.6.